The standard InChI is InChI=1S/C23H31N5O2/c1-15-4-7-17(8-5-15)22-26-19(14-30-22)12-24-23(25-13-21(29)28(2)3)27-20-11-16-6-9-18(20)10-16/h4-5,7-8,14,16,18,20H,6,9-13H2,1-3H3,(H2,24,25,27). The zero-order valence-electron chi connectivity index (χ0n) is 18.0. The fourth-order valence-electron chi connectivity index (χ4n) is 4.44. The molecular weight excluding hydrogens is 378 g/mol. The Morgan fingerprint density at radius 1 is 1.23 bits per heavy atom. The lowest BCUT2D eigenvalue weighted by Crippen LogP contribution is -2.48. The fourth-order valence-corrected chi connectivity index (χ4v) is 4.44. The number of oxazole rings is 1. The average molecular weight is 410 g/mol. The van der Waals surface area contributed by atoms with Gasteiger partial charge in [0.05, 0.1) is 13.1 Å². The van der Waals surface area contributed by atoms with Gasteiger partial charge in [-0.15, -0.1) is 0 Å². The second kappa shape index (κ2) is 8.90. The third kappa shape index (κ3) is 4.83. The number of hydrogen-bond donors (Lipinski definition) is 2. The minimum absolute atomic E-state index is 0.0144. The molecule has 2 bridgehead atoms. The van der Waals surface area contributed by atoms with Gasteiger partial charge in [0.2, 0.25) is 11.8 Å². The number of carbonyl (C=O) groups excluding carboxylic acids is 1. The van der Waals surface area contributed by atoms with Gasteiger partial charge in [-0.25, -0.2) is 9.98 Å². The van der Waals surface area contributed by atoms with E-state index in [-0.39, 0.29) is 12.5 Å². The largest absolute Gasteiger partial charge is 0.444 e. The minimum Gasteiger partial charge on any atom is -0.444 e. The van der Waals surface area contributed by atoms with Crippen molar-refractivity contribution >= 4 is 11.9 Å². The molecule has 3 unspecified atom stereocenters. The number of nitrogens with one attached hydrogen (secondary N) is 2. The van der Waals surface area contributed by atoms with Gasteiger partial charge >= 0.3 is 0 Å². The summed E-state index contributed by atoms with van der Waals surface area (Å²) in [7, 11) is 3.51. The van der Waals surface area contributed by atoms with Gasteiger partial charge < -0.3 is 20.0 Å². The summed E-state index contributed by atoms with van der Waals surface area (Å²) in [6.45, 7) is 2.66. The number of aryl methyl sites for hydroxylation is 1. The SMILES string of the molecule is Cc1ccc(-c2nc(CN=C(NCC(=O)N(C)C)NC3CC4CCC3C4)co2)cc1. The first-order chi connectivity index (χ1) is 14.5. The smallest absolute Gasteiger partial charge is 0.241 e. The van der Waals surface area contributed by atoms with E-state index in [0.717, 1.165) is 17.2 Å². The number of amides is 1. The number of aliphatic imine (C=N–C) groups is 1. The molecule has 0 radical (unpaired) electrons. The van der Waals surface area contributed by atoms with Crippen LogP contribution in [0.2, 0.25) is 0 Å². The van der Waals surface area contributed by atoms with Crippen LogP contribution >= 0.6 is 0 Å². The first-order valence-corrected chi connectivity index (χ1v) is 10.7. The van der Waals surface area contributed by atoms with E-state index in [1.807, 2.05) is 24.3 Å². The Labute approximate surface area is 178 Å². The molecule has 3 atom stereocenters. The van der Waals surface area contributed by atoms with E-state index < -0.39 is 0 Å². The summed E-state index contributed by atoms with van der Waals surface area (Å²) in [5, 5.41) is 6.76. The van der Waals surface area contributed by atoms with E-state index in [4.69, 9.17) is 9.41 Å². The summed E-state index contributed by atoms with van der Waals surface area (Å²) in [6.07, 6.45) is 6.79. The Morgan fingerprint density at radius 3 is 2.70 bits per heavy atom. The van der Waals surface area contributed by atoms with Gasteiger partial charge in [0.25, 0.3) is 0 Å². The molecule has 0 aliphatic heterocycles. The summed E-state index contributed by atoms with van der Waals surface area (Å²) < 4.78 is 5.64. The lowest BCUT2D eigenvalue weighted by molar-refractivity contribution is -0.127. The van der Waals surface area contributed by atoms with Gasteiger partial charge in [-0.1, -0.05) is 24.1 Å². The number of nitrogens with zero attached hydrogens (tertiary/aromatic N) is 3. The first-order valence-electron chi connectivity index (χ1n) is 10.7. The van der Waals surface area contributed by atoms with E-state index in [2.05, 4.69) is 22.5 Å². The van der Waals surface area contributed by atoms with Gasteiger partial charge in [0.15, 0.2) is 5.96 Å². The van der Waals surface area contributed by atoms with Crippen LogP contribution in [0.3, 0.4) is 0 Å². The highest BCUT2D eigenvalue weighted by Crippen LogP contribution is 2.44. The molecule has 2 fully saturated rings. The summed E-state index contributed by atoms with van der Waals surface area (Å²) in [5.74, 6) is 2.83. The summed E-state index contributed by atoms with van der Waals surface area (Å²) in [4.78, 5) is 22.9. The molecule has 2 saturated carbocycles. The Balaban J connectivity index is 1.43. The Bertz CT molecular complexity index is 903. The van der Waals surface area contributed by atoms with E-state index >= 15 is 0 Å². The fraction of sp³-hybridized carbons (Fsp3) is 0.522. The topological polar surface area (TPSA) is 82.8 Å². The molecule has 2 aliphatic carbocycles. The Hall–Kier alpha value is -2.83. The van der Waals surface area contributed by atoms with Crippen molar-refractivity contribution in [2.45, 2.75) is 45.2 Å². The van der Waals surface area contributed by atoms with Crippen molar-refractivity contribution in [1.82, 2.24) is 20.5 Å². The molecule has 160 valence electrons. The summed E-state index contributed by atoms with van der Waals surface area (Å²) >= 11 is 0. The van der Waals surface area contributed by atoms with Gasteiger partial charge in [-0.2, -0.15) is 0 Å². The van der Waals surface area contributed by atoms with Crippen LogP contribution in [0.5, 0.6) is 0 Å². The van der Waals surface area contributed by atoms with E-state index in [1.165, 1.54) is 31.2 Å². The summed E-state index contributed by atoms with van der Waals surface area (Å²) in [6, 6.07) is 8.53. The average Bonchev–Trinajstić information content (AvgIpc) is 3.47. The molecule has 0 saturated heterocycles. The number of likely N-dealkylation sites (N-methyl/N-ethyl adjacent to an activating group) is 1. The third-order valence-electron chi connectivity index (χ3n) is 6.22. The van der Waals surface area contributed by atoms with Crippen molar-refractivity contribution < 1.29 is 9.21 Å². The van der Waals surface area contributed by atoms with Gasteiger partial charge in [-0.05, 0) is 50.2 Å². The molecule has 1 aromatic carbocycles. The zero-order valence-corrected chi connectivity index (χ0v) is 18.0. The highest BCUT2D eigenvalue weighted by molar-refractivity contribution is 5.86. The monoisotopic (exact) mass is 409 g/mol. The molecule has 30 heavy (non-hydrogen) atoms. The number of carbonyl (C=O) groups is 1. The van der Waals surface area contributed by atoms with Crippen molar-refractivity contribution in [3.05, 3.63) is 41.8 Å². The molecule has 0 spiro atoms. The normalized spacial score (nSPS) is 22.9. The van der Waals surface area contributed by atoms with E-state index in [1.54, 1.807) is 25.3 Å². The molecule has 1 amide bonds. The van der Waals surface area contributed by atoms with Crippen LogP contribution < -0.4 is 10.6 Å². The molecule has 2 aliphatic rings. The molecule has 7 nitrogen and oxygen atoms in total. The zero-order chi connectivity index (χ0) is 21.1. The lowest BCUT2D eigenvalue weighted by atomic mass is 9.95. The molecule has 4 rings (SSSR count). The molecular formula is C23H31N5O2. The predicted molar refractivity (Wildman–Crippen MR) is 117 cm³/mol. The van der Waals surface area contributed by atoms with Gasteiger partial charge in [0, 0.05) is 25.7 Å². The maximum Gasteiger partial charge on any atom is 0.241 e. The molecule has 7 heteroatoms. The number of guanidine groups is 1. The maximum atomic E-state index is 12.0. The Morgan fingerprint density at radius 2 is 2.03 bits per heavy atom. The van der Waals surface area contributed by atoms with Crippen molar-refractivity contribution in [1.29, 1.82) is 0 Å². The summed E-state index contributed by atoms with van der Waals surface area (Å²) in [5.41, 5.74) is 2.91. The first kappa shape index (κ1) is 20.4. The number of benzene rings is 1. The molecule has 1 heterocycles. The number of aromatic nitrogens is 1. The van der Waals surface area contributed by atoms with Crippen LogP contribution in [-0.4, -0.2) is 48.4 Å². The third-order valence-corrected chi connectivity index (χ3v) is 6.22. The van der Waals surface area contributed by atoms with Crippen molar-refractivity contribution in [2.24, 2.45) is 16.8 Å². The Kier molecular flexibility index (Phi) is 6.06. The van der Waals surface area contributed by atoms with Crippen LogP contribution in [0.1, 0.15) is 36.9 Å². The predicted octanol–water partition coefficient (Wildman–Crippen LogP) is 2.96. The number of rotatable bonds is 6. The minimum atomic E-state index is 0.0144. The van der Waals surface area contributed by atoms with Crippen LogP contribution in [0.4, 0.5) is 0 Å². The highest BCUT2D eigenvalue weighted by Gasteiger charge is 2.39. The second-order valence-corrected chi connectivity index (χ2v) is 8.74. The number of hydrogen-bond acceptors (Lipinski definition) is 4. The molecule has 2 N–H and O–H groups in total. The molecule has 1 aromatic heterocycles. The van der Waals surface area contributed by atoms with Crippen molar-refractivity contribution in [2.75, 3.05) is 20.6 Å². The highest BCUT2D eigenvalue weighted by atomic mass is 16.3. The maximum absolute atomic E-state index is 12.0. The van der Waals surface area contributed by atoms with E-state index in [0.29, 0.717) is 30.4 Å². The van der Waals surface area contributed by atoms with Crippen LogP contribution in [-0.2, 0) is 11.3 Å². The van der Waals surface area contributed by atoms with E-state index in [9.17, 15) is 4.79 Å². The van der Waals surface area contributed by atoms with Crippen molar-refractivity contribution in [3.8, 4) is 11.5 Å². The van der Waals surface area contributed by atoms with Gasteiger partial charge in [-0.3, -0.25) is 4.79 Å². The second-order valence-electron chi connectivity index (χ2n) is 8.74. The van der Waals surface area contributed by atoms with Crippen LogP contribution in [0, 0.1) is 18.8 Å². The number of fused-ring (bicyclic) bond motifs is 2. The van der Waals surface area contributed by atoms with Crippen LogP contribution in [0.15, 0.2) is 39.9 Å². The quantitative estimate of drug-likeness (QED) is 0.566. The van der Waals surface area contributed by atoms with Crippen molar-refractivity contribution in [3.63, 3.8) is 0 Å². The van der Waals surface area contributed by atoms with Crippen LogP contribution in [0.25, 0.3) is 11.5 Å². The lowest BCUT2D eigenvalue weighted by Gasteiger charge is -2.25. The molecule has 2 aromatic rings. The van der Waals surface area contributed by atoms with Gasteiger partial charge in [0.1, 0.15) is 12.0 Å².